The van der Waals surface area contributed by atoms with E-state index in [-0.39, 0.29) is 11.9 Å². The van der Waals surface area contributed by atoms with Crippen molar-refractivity contribution in [2.24, 2.45) is 5.92 Å². The molecule has 1 N–H and O–H groups in total. The van der Waals surface area contributed by atoms with Crippen molar-refractivity contribution < 1.29 is 9.53 Å². The van der Waals surface area contributed by atoms with Gasteiger partial charge in [0.05, 0.1) is 12.5 Å². The standard InChI is InChI=1S/C12H17NO2/c1-2-15-12(14)10-7-9-5-3-4-6-11(9)13-8-10/h4,6,10,13H,2-3,5,7-8H2,1H3. The zero-order chi connectivity index (χ0) is 10.7. The minimum atomic E-state index is -0.0638. The maximum atomic E-state index is 11.6. The fraction of sp³-hybridized carbons (Fsp3) is 0.583. The van der Waals surface area contributed by atoms with Gasteiger partial charge in [-0.3, -0.25) is 4.79 Å². The van der Waals surface area contributed by atoms with Crippen LogP contribution < -0.4 is 5.32 Å². The van der Waals surface area contributed by atoms with Crippen molar-refractivity contribution in [3.8, 4) is 0 Å². The lowest BCUT2D eigenvalue weighted by Crippen LogP contribution is -2.35. The van der Waals surface area contributed by atoms with Crippen molar-refractivity contribution in [2.75, 3.05) is 13.2 Å². The zero-order valence-electron chi connectivity index (χ0n) is 9.08. The minimum Gasteiger partial charge on any atom is -0.466 e. The highest BCUT2D eigenvalue weighted by molar-refractivity contribution is 5.73. The second kappa shape index (κ2) is 4.51. The van der Waals surface area contributed by atoms with Crippen LogP contribution in [0.2, 0.25) is 0 Å². The molecule has 0 fully saturated rings. The monoisotopic (exact) mass is 207 g/mol. The molecular weight excluding hydrogens is 190 g/mol. The zero-order valence-corrected chi connectivity index (χ0v) is 9.08. The molecule has 1 aliphatic carbocycles. The van der Waals surface area contributed by atoms with E-state index in [2.05, 4.69) is 17.5 Å². The van der Waals surface area contributed by atoms with Crippen LogP contribution >= 0.6 is 0 Å². The van der Waals surface area contributed by atoms with Crippen LogP contribution in [0.15, 0.2) is 23.4 Å². The van der Waals surface area contributed by atoms with Gasteiger partial charge in [0.1, 0.15) is 0 Å². The Morgan fingerprint density at radius 1 is 1.67 bits per heavy atom. The van der Waals surface area contributed by atoms with Crippen molar-refractivity contribution in [2.45, 2.75) is 26.2 Å². The first kappa shape index (κ1) is 10.3. The average Bonchev–Trinajstić information content (AvgIpc) is 2.29. The molecular formula is C12H17NO2. The van der Waals surface area contributed by atoms with Gasteiger partial charge in [0, 0.05) is 12.2 Å². The van der Waals surface area contributed by atoms with Gasteiger partial charge < -0.3 is 10.1 Å². The Labute approximate surface area is 90.2 Å². The Hall–Kier alpha value is -1.25. The van der Waals surface area contributed by atoms with E-state index in [9.17, 15) is 4.79 Å². The van der Waals surface area contributed by atoms with Gasteiger partial charge >= 0.3 is 5.97 Å². The van der Waals surface area contributed by atoms with Crippen LogP contribution in [0.25, 0.3) is 0 Å². The summed E-state index contributed by atoms with van der Waals surface area (Å²) < 4.78 is 5.04. The number of nitrogens with one attached hydrogen (secondary N) is 1. The first-order valence-corrected chi connectivity index (χ1v) is 5.60. The van der Waals surface area contributed by atoms with Crippen molar-refractivity contribution >= 4 is 5.97 Å². The van der Waals surface area contributed by atoms with E-state index in [1.807, 2.05) is 6.92 Å². The van der Waals surface area contributed by atoms with Crippen molar-refractivity contribution in [1.29, 1.82) is 0 Å². The minimum absolute atomic E-state index is 0.00944. The summed E-state index contributed by atoms with van der Waals surface area (Å²) in [6.45, 7) is 3.03. The number of carbonyl (C=O) groups excluding carboxylic acids is 1. The van der Waals surface area contributed by atoms with E-state index < -0.39 is 0 Å². The highest BCUT2D eigenvalue weighted by Gasteiger charge is 2.26. The number of allylic oxidation sites excluding steroid dienone is 3. The molecule has 0 spiro atoms. The fourth-order valence-corrected chi connectivity index (χ4v) is 2.14. The van der Waals surface area contributed by atoms with Crippen LogP contribution in [-0.2, 0) is 9.53 Å². The van der Waals surface area contributed by atoms with E-state index in [4.69, 9.17) is 4.74 Å². The predicted molar refractivity (Wildman–Crippen MR) is 58.1 cm³/mol. The Bertz CT molecular complexity index is 318. The molecule has 0 amide bonds. The Balaban J connectivity index is 2.01. The number of esters is 1. The van der Waals surface area contributed by atoms with E-state index in [0.29, 0.717) is 13.2 Å². The van der Waals surface area contributed by atoms with E-state index in [0.717, 1.165) is 19.3 Å². The van der Waals surface area contributed by atoms with Crippen LogP contribution in [-0.4, -0.2) is 19.1 Å². The highest BCUT2D eigenvalue weighted by atomic mass is 16.5. The van der Waals surface area contributed by atoms with E-state index >= 15 is 0 Å². The van der Waals surface area contributed by atoms with Gasteiger partial charge in [0.2, 0.25) is 0 Å². The van der Waals surface area contributed by atoms with Crippen LogP contribution in [0.4, 0.5) is 0 Å². The number of ether oxygens (including phenoxy) is 1. The van der Waals surface area contributed by atoms with Gasteiger partial charge in [-0.2, -0.15) is 0 Å². The second-order valence-corrected chi connectivity index (χ2v) is 3.99. The summed E-state index contributed by atoms with van der Waals surface area (Å²) in [6, 6.07) is 0. The Morgan fingerprint density at radius 3 is 3.33 bits per heavy atom. The van der Waals surface area contributed by atoms with Gasteiger partial charge in [-0.15, -0.1) is 0 Å². The van der Waals surface area contributed by atoms with Gasteiger partial charge in [-0.05, 0) is 37.8 Å². The lowest BCUT2D eigenvalue weighted by atomic mass is 9.89. The lowest BCUT2D eigenvalue weighted by Gasteiger charge is -2.28. The average molecular weight is 207 g/mol. The Morgan fingerprint density at radius 2 is 2.53 bits per heavy atom. The van der Waals surface area contributed by atoms with E-state index in [1.165, 1.54) is 11.3 Å². The van der Waals surface area contributed by atoms with Crippen molar-refractivity contribution in [1.82, 2.24) is 5.32 Å². The quantitative estimate of drug-likeness (QED) is 0.701. The van der Waals surface area contributed by atoms with Gasteiger partial charge in [-0.25, -0.2) is 0 Å². The third-order valence-corrected chi connectivity index (χ3v) is 2.93. The largest absolute Gasteiger partial charge is 0.466 e. The number of carbonyl (C=O) groups is 1. The van der Waals surface area contributed by atoms with E-state index in [1.54, 1.807) is 0 Å². The molecule has 3 nitrogen and oxygen atoms in total. The van der Waals surface area contributed by atoms with Crippen LogP contribution in [0.5, 0.6) is 0 Å². The SMILES string of the molecule is CCOC(=O)C1CNC2=C(CCC=C2)C1. The topological polar surface area (TPSA) is 38.3 Å². The lowest BCUT2D eigenvalue weighted by molar-refractivity contribution is -0.147. The predicted octanol–water partition coefficient (Wildman–Crippen LogP) is 1.76. The molecule has 0 saturated carbocycles. The molecule has 15 heavy (non-hydrogen) atoms. The molecule has 2 aliphatic rings. The highest BCUT2D eigenvalue weighted by Crippen LogP contribution is 2.28. The molecule has 0 bridgehead atoms. The van der Waals surface area contributed by atoms with Gasteiger partial charge in [-0.1, -0.05) is 6.08 Å². The molecule has 1 aliphatic heterocycles. The maximum absolute atomic E-state index is 11.6. The summed E-state index contributed by atoms with van der Waals surface area (Å²) in [5.41, 5.74) is 2.60. The summed E-state index contributed by atoms with van der Waals surface area (Å²) in [6.07, 6.45) is 7.34. The molecule has 0 aromatic rings. The number of rotatable bonds is 2. The van der Waals surface area contributed by atoms with Crippen LogP contribution in [0, 0.1) is 5.92 Å². The van der Waals surface area contributed by atoms with Crippen molar-refractivity contribution in [3.63, 3.8) is 0 Å². The maximum Gasteiger partial charge on any atom is 0.311 e. The second-order valence-electron chi connectivity index (χ2n) is 3.99. The number of hydrogen-bond acceptors (Lipinski definition) is 3. The molecule has 0 saturated heterocycles. The first-order valence-electron chi connectivity index (χ1n) is 5.60. The Kier molecular flexibility index (Phi) is 3.09. The normalized spacial score (nSPS) is 24.5. The summed E-state index contributed by atoms with van der Waals surface area (Å²) in [5, 5.41) is 3.30. The first-order chi connectivity index (χ1) is 7.31. The molecule has 1 atom stereocenters. The summed E-state index contributed by atoms with van der Waals surface area (Å²) >= 11 is 0. The molecule has 1 heterocycles. The number of hydrogen-bond donors (Lipinski definition) is 1. The van der Waals surface area contributed by atoms with Crippen LogP contribution in [0.1, 0.15) is 26.2 Å². The van der Waals surface area contributed by atoms with Gasteiger partial charge in [0.15, 0.2) is 0 Å². The van der Waals surface area contributed by atoms with Crippen LogP contribution in [0.3, 0.4) is 0 Å². The third-order valence-electron chi connectivity index (χ3n) is 2.93. The fourth-order valence-electron chi connectivity index (χ4n) is 2.14. The molecule has 2 rings (SSSR count). The molecule has 0 radical (unpaired) electrons. The summed E-state index contributed by atoms with van der Waals surface area (Å²) in [4.78, 5) is 11.6. The molecule has 0 aromatic heterocycles. The smallest absolute Gasteiger partial charge is 0.311 e. The van der Waals surface area contributed by atoms with Gasteiger partial charge in [0.25, 0.3) is 0 Å². The van der Waals surface area contributed by atoms with Crippen molar-refractivity contribution in [3.05, 3.63) is 23.4 Å². The third kappa shape index (κ3) is 2.22. The summed E-state index contributed by atoms with van der Waals surface area (Å²) in [7, 11) is 0. The molecule has 3 heteroatoms. The molecule has 1 unspecified atom stereocenters. The summed E-state index contributed by atoms with van der Waals surface area (Å²) in [5.74, 6) is -0.0543. The molecule has 82 valence electrons. The molecule has 0 aromatic carbocycles.